The van der Waals surface area contributed by atoms with Crippen LogP contribution in [0.15, 0.2) is 18.2 Å². The summed E-state index contributed by atoms with van der Waals surface area (Å²) in [5, 5.41) is 0. The van der Waals surface area contributed by atoms with Gasteiger partial charge in [-0.2, -0.15) is 0 Å². The minimum Gasteiger partial charge on any atom is -0.366 e. The lowest BCUT2D eigenvalue weighted by Gasteiger charge is -2.25. The zero-order chi connectivity index (χ0) is 11.9. The average molecular weight is 222 g/mol. The first-order valence-electron chi connectivity index (χ1n) is 5.83. The Labute approximate surface area is 96.2 Å². The summed E-state index contributed by atoms with van der Waals surface area (Å²) < 4.78 is 13.9. The number of benzene rings is 1. The van der Waals surface area contributed by atoms with Gasteiger partial charge in [-0.05, 0) is 32.4 Å². The van der Waals surface area contributed by atoms with Crippen molar-refractivity contribution >= 4 is 5.69 Å². The molecule has 0 amide bonds. The quantitative estimate of drug-likeness (QED) is 0.833. The maximum absolute atomic E-state index is 13.9. The Bertz CT molecular complexity index is 388. The van der Waals surface area contributed by atoms with Gasteiger partial charge in [0.2, 0.25) is 0 Å². The van der Waals surface area contributed by atoms with Gasteiger partial charge in [-0.15, -0.1) is 0 Å². The lowest BCUT2D eigenvalue weighted by atomic mass is 9.95. The number of anilines is 1. The van der Waals surface area contributed by atoms with Crippen LogP contribution in [-0.2, 0) is 0 Å². The topological polar surface area (TPSA) is 29.3 Å². The number of para-hydroxylation sites is 1. The Morgan fingerprint density at radius 2 is 2.06 bits per heavy atom. The summed E-state index contributed by atoms with van der Waals surface area (Å²) in [6.45, 7) is 6.98. The largest absolute Gasteiger partial charge is 0.366 e. The Balaban J connectivity index is 2.49. The van der Waals surface area contributed by atoms with Crippen LogP contribution in [-0.4, -0.2) is 18.6 Å². The first-order chi connectivity index (χ1) is 7.52. The van der Waals surface area contributed by atoms with Crippen molar-refractivity contribution in [1.29, 1.82) is 0 Å². The second-order valence-corrected chi connectivity index (χ2v) is 4.89. The average Bonchev–Trinajstić information content (AvgIpc) is 2.58. The van der Waals surface area contributed by atoms with Gasteiger partial charge in [-0.25, -0.2) is 4.39 Å². The van der Waals surface area contributed by atoms with Crippen molar-refractivity contribution in [2.75, 3.05) is 11.4 Å². The molecule has 0 spiro atoms. The minimum atomic E-state index is -0.130. The molecule has 2 nitrogen and oxygen atoms in total. The van der Waals surface area contributed by atoms with E-state index in [9.17, 15) is 4.39 Å². The fraction of sp³-hybridized carbons (Fsp3) is 0.538. The van der Waals surface area contributed by atoms with Gasteiger partial charge in [-0.3, -0.25) is 0 Å². The summed E-state index contributed by atoms with van der Waals surface area (Å²) >= 11 is 0. The van der Waals surface area contributed by atoms with Crippen molar-refractivity contribution in [3.05, 3.63) is 29.6 Å². The lowest BCUT2D eigenvalue weighted by molar-refractivity contribution is 0.562. The molecule has 1 aliphatic heterocycles. The third-order valence-electron chi connectivity index (χ3n) is 3.36. The molecule has 2 rings (SSSR count). The maximum Gasteiger partial charge on any atom is 0.146 e. The number of halogens is 1. The van der Waals surface area contributed by atoms with Crippen molar-refractivity contribution < 1.29 is 4.39 Å². The van der Waals surface area contributed by atoms with E-state index in [1.165, 1.54) is 6.07 Å². The zero-order valence-corrected chi connectivity index (χ0v) is 10.1. The molecule has 3 heteroatoms. The third kappa shape index (κ3) is 1.69. The summed E-state index contributed by atoms with van der Waals surface area (Å²) in [5.41, 5.74) is 7.78. The number of rotatable bonds is 2. The fourth-order valence-corrected chi connectivity index (χ4v) is 2.45. The van der Waals surface area contributed by atoms with Gasteiger partial charge in [0.05, 0.1) is 5.69 Å². The van der Waals surface area contributed by atoms with Crippen LogP contribution in [0.25, 0.3) is 0 Å². The van der Waals surface area contributed by atoms with Crippen molar-refractivity contribution in [3.8, 4) is 0 Å². The van der Waals surface area contributed by atoms with E-state index < -0.39 is 0 Å². The molecule has 1 aromatic carbocycles. The van der Waals surface area contributed by atoms with E-state index in [0.717, 1.165) is 17.8 Å². The van der Waals surface area contributed by atoms with E-state index in [1.54, 1.807) is 6.07 Å². The Kier molecular flexibility index (Phi) is 2.89. The first kappa shape index (κ1) is 11.4. The SMILES string of the molecule is CC(N)C1CN(C(C)C)c2c(F)cccc21. The molecule has 0 saturated heterocycles. The summed E-state index contributed by atoms with van der Waals surface area (Å²) in [7, 11) is 0. The predicted molar refractivity (Wildman–Crippen MR) is 65.3 cm³/mol. The number of hydrogen-bond donors (Lipinski definition) is 1. The highest BCUT2D eigenvalue weighted by atomic mass is 19.1. The second-order valence-electron chi connectivity index (χ2n) is 4.89. The standard InChI is InChI=1S/C13H19FN2/c1-8(2)16-7-11(9(3)15)10-5-4-6-12(14)13(10)16/h4-6,8-9,11H,7,15H2,1-3H3. The van der Waals surface area contributed by atoms with Gasteiger partial charge in [0.15, 0.2) is 0 Å². The fourth-order valence-electron chi connectivity index (χ4n) is 2.45. The predicted octanol–water partition coefficient (Wildman–Crippen LogP) is 2.48. The highest BCUT2D eigenvalue weighted by molar-refractivity contribution is 5.62. The third-order valence-corrected chi connectivity index (χ3v) is 3.36. The molecule has 2 N–H and O–H groups in total. The van der Waals surface area contributed by atoms with Gasteiger partial charge in [0.25, 0.3) is 0 Å². The van der Waals surface area contributed by atoms with Crippen LogP contribution in [0, 0.1) is 5.82 Å². The van der Waals surface area contributed by atoms with E-state index in [2.05, 4.69) is 18.7 Å². The highest BCUT2D eigenvalue weighted by Gasteiger charge is 2.33. The molecule has 1 heterocycles. The van der Waals surface area contributed by atoms with Gasteiger partial charge < -0.3 is 10.6 Å². The van der Waals surface area contributed by atoms with E-state index in [-0.39, 0.29) is 17.8 Å². The summed E-state index contributed by atoms with van der Waals surface area (Å²) in [6.07, 6.45) is 0. The van der Waals surface area contributed by atoms with Gasteiger partial charge in [0, 0.05) is 24.5 Å². The molecule has 16 heavy (non-hydrogen) atoms. The molecule has 1 aromatic rings. The molecule has 0 aromatic heterocycles. The summed E-state index contributed by atoms with van der Waals surface area (Å²) in [5.74, 6) is 0.113. The summed E-state index contributed by atoms with van der Waals surface area (Å²) in [4.78, 5) is 2.11. The Morgan fingerprint density at radius 3 is 2.62 bits per heavy atom. The number of hydrogen-bond acceptors (Lipinski definition) is 2. The maximum atomic E-state index is 13.9. The normalized spacial score (nSPS) is 21.4. The number of nitrogens with zero attached hydrogens (tertiary/aromatic N) is 1. The lowest BCUT2D eigenvalue weighted by Crippen LogP contribution is -2.34. The molecular formula is C13H19FN2. The van der Waals surface area contributed by atoms with Crippen LogP contribution >= 0.6 is 0 Å². The van der Waals surface area contributed by atoms with Crippen LogP contribution in [0.4, 0.5) is 10.1 Å². The van der Waals surface area contributed by atoms with Crippen LogP contribution in [0.2, 0.25) is 0 Å². The first-order valence-corrected chi connectivity index (χ1v) is 5.83. The molecule has 2 unspecified atom stereocenters. The molecule has 0 radical (unpaired) electrons. The Hall–Kier alpha value is -1.09. The molecule has 0 bridgehead atoms. The van der Waals surface area contributed by atoms with E-state index in [4.69, 9.17) is 5.73 Å². The molecular weight excluding hydrogens is 203 g/mol. The molecule has 88 valence electrons. The highest BCUT2D eigenvalue weighted by Crippen LogP contribution is 2.40. The monoisotopic (exact) mass is 222 g/mol. The molecule has 1 aliphatic rings. The molecule has 0 saturated carbocycles. The molecule has 0 fully saturated rings. The van der Waals surface area contributed by atoms with Crippen LogP contribution in [0.5, 0.6) is 0 Å². The van der Waals surface area contributed by atoms with Crippen molar-refractivity contribution in [3.63, 3.8) is 0 Å². The zero-order valence-electron chi connectivity index (χ0n) is 10.1. The number of nitrogens with two attached hydrogens (primary N) is 1. The van der Waals surface area contributed by atoms with E-state index in [1.807, 2.05) is 13.0 Å². The summed E-state index contributed by atoms with van der Waals surface area (Å²) in [6, 6.07) is 5.66. The Morgan fingerprint density at radius 1 is 1.38 bits per heavy atom. The van der Waals surface area contributed by atoms with Crippen LogP contribution in [0.3, 0.4) is 0 Å². The van der Waals surface area contributed by atoms with Crippen molar-refractivity contribution in [1.82, 2.24) is 0 Å². The van der Waals surface area contributed by atoms with Crippen LogP contribution < -0.4 is 10.6 Å². The van der Waals surface area contributed by atoms with Gasteiger partial charge >= 0.3 is 0 Å². The van der Waals surface area contributed by atoms with E-state index >= 15 is 0 Å². The molecule has 2 atom stereocenters. The van der Waals surface area contributed by atoms with Crippen molar-refractivity contribution in [2.45, 2.75) is 38.8 Å². The van der Waals surface area contributed by atoms with Gasteiger partial charge in [-0.1, -0.05) is 12.1 Å². The van der Waals surface area contributed by atoms with E-state index in [0.29, 0.717) is 6.04 Å². The molecule has 0 aliphatic carbocycles. The van der Waals surface area contributed by atoms with Crippen LogP contribution in [0.1, 0.15) is 32.3 Å². The second kappa shape index (κ2) is 4.06. The van der Waals surface area contributed by atoms with Gasteiger partial charge in [0.1, 0.15) is 5.82 Å². The smallest absolute Gasteiger partial charge is 0.146 e. The van der Waals surface area contributed by atoms with Crippen molar-refractivity contribution in [2.24, 2.45) is 5.73 Å². The minimum absolute atomic E-state index is 0.0595. The number of fused-ring (bicyclic) bond motifs is 1.